The molecule has 126 valence electrons. The van der Waals surface area contributed by atoms with Crippen molar-refractivity contribution < 1.29 is 9.84 Å². The largest absolute Gasteiger partial charge is 0.388 e. The van der Waals surface area contributed by atoms with E-state index in [0.717, 1.165) is 24.0 Å². The second kappa shape index (κ2) is 6.78. The molecule has 2 atom stereocenters. The normalized spacial score (nSPS) is 25.1. The Hall–Kier alpha value is -1.12. The number of hydrogen-bond acceptors (Lipinski definition) is 2. The van der Waals surface area contributed by atoms with Gasteiger partial charge in [-0.15, -0.1) is 0 Å². The van der Waals surface area contributed by atoms with Gasteiger partial charge >= 0.3 is 0 Å². The first-order chi connectivity index (χ1) is 11.0. The van der Waals surface area contributed by atoms with E-state index in [2.05, 4.69) is 38.1 Å². The quantitative estimate of drug-likeness (QED) is 0.777. The Morgan fingerprint density at radius 2 is 1.96 bits per heavy atom. The number of allylic oxidation sites excluding steroid dienone is 2. The molecule has 2 aliphatic carbocycles. The first kappa shape index (κ1) is 16.7. The summed E-state index contributed by atoms with van der Waals surface area (Å²) in [7, 11) is 1.71. The van der Waals surface area contributed by atoms with Crippen molar-refractivity contribution in [2.75, 3.05) is 7.11 Å². The van der Waals surface area contributed by atoms with Crippen molar-refractivity contribution in [1.82, 2.24) is 0 Å². The van der Waals surface area contributed by atoms with Gasteiger partial charge in [-0.1, -0.05) is 49.3 Å². The van der Waals surface area contributed by atoms with Crippen molar-refractivity contribution in [3.63, 3.8) is 0 Å². The van der Waals surface area contributed by atoms with Gasteiger partial charge in [0.05, 0.1) is 12.7 Å². The van der Waals surface area contributed by atoms with Crippen LogP contribution >= 0.6 is 0 Å². The summed E-state index contributed by atoms with van der Waals surface area (Å²) in [6.45, 7) is 5.40. The highest BCUT2D eigenvalue weighted by molar-refractivity contribution is 5.29. The fourth-order valence-corrected chi connectivity index (χ4v) is 4.46. The van der Waals surface area contributed by atoms with Gasteiger partial charge in [0.25, 0.3) is 0 Å². The molecule has 0 bridgehead atoms. The third-order valence-electron chi connectivity index (χ3n) is 5.89. The highest BCUT2D eigenvalue weighted by Gasteiger charge is 2.36. The summed E-state index contributed by atoms with van der Waals surface area (Å²) in [5.41, 5.74) is 5.88. The molecule has 2 heteroatoms. The molecule has 0 aromatic heterocycles. The molecule has 0 amide bonds. The standard InChI is InChI=1S/C21H30O2/c1-21(2)12-4-5-16-10-11-18(13-19(16)21)20(22)17-8-6-15(7-9-17)14-23-3/h6-9,18,20,22H,4-5,10-14H2,1-3H3. The maximum absolute atomic E-state index is 10.9. The average molecular weight is 314 g/mol. The number of aliphatic hydroxyl groups is 1. The van der Waals surface area contributed by atoms with E-state index in [-0.39, 0.29) is 6.10 Å². The van der Waals surface area contributed by atoms with Crippen LogP contribution in [0.5, 0.6) is 0 Å². The van der Waals surface area contributed by atoms with E-state index in [9.17, 15) is 5.11 Å². The summed E-state index contributed by atoms with van der Waals surface area (Å²) >= 11 is 0. The monoisotopic (exact) mass is 314 g/mol. The van der Waals surface area contributed by atoms with Gasteiger partial charge in [0, 0.05) is 7.11 Å². The van der Waals surface area contributed by atoms with Crippen LogP contribution in [0.3, 0.4) is 0 Å². The Bertz CT molecular complexity index is 568. The molecule has 2 unspecified atom stereocenters. The number of rotatable bonds is 4. The van der Waals surface area contributed by atoms with Crippen LogP contribution in [0, 0.1) is 11.3 Å². The van der Waals surface area contributed by atoms with Crippen molar-refractivity contribution in [3.8, 4) is 0 Å². The van der Waals surface area contributed by atoms with E-state index in [4.69, 9.17) is 4.74 Å². The molecule has 3 rings (SSSR count). The van der Waals surface area contributed by atoms with Gasteiger partial charge in [-0.3, -0.25) is 0 Å². The number of aliphatic hydroxyl groups excluding tert-OH is 1. The van der Waals surface area contributed by atoms with Crippen LogP contribution in [0.25, 0.3) is 0 Å². The van der Waals surface area contributed by atoms with Gasteiger partial charge in [0.2, 0.25) is 0 Å². The summed E-state index contributed by atoms with van der Waals surface area (Å²) in [6.07, 6.45) is 6.94. The van der Waals surface area contributed by atoms with Crippen molar-refractivity contribution >= 4 is 0 Å². The van der Waals surface area contributed by atoms with E-state index >= 15 is 0 Å². The van der Waals surface area contributed by atoms with Crippen LogP contribution in [0.2, 0.25) is 0 Å². The van der Waals surface area contributed by atoms with E-state index in [1.54, 1.807) is 18.3 Å². The molecule has 1 aromatic carbocycles. The summed E-state index contributed by atoms with van der Waals surface area (Å²) in [5.74, 6) is 0.361. The average Bonchev–Trinajstić information content (AvgIpc) is 2.55. The van der Waals surface area contributed by atoms with Gasteiger partial charge < -0.3 is 9.84 Å². The van der Waals surface area contributed by atoms with Gasteiger partial charge in [-0.05, 0) is 61.0 Å². The second-order valence-electron chi connectivity index (χ2n) is 7.94. The van der Waals surface area contributed by atoms with Gasteiger partial charge in [-0.25, -0.2) is 0 Å². The molecule has 0 saturated carbocycles. The maximum atomic E-state index is 10.9. The molecule has 2 nitrogen and oxygen atoms in total. The van der Waals surface area contributed by atoms with Crippen molar-refractivity contribution in [2.24, 2.45) is 11.3 Å². The molecule has 1 N–H and O–H groups in total. The van der Waals surface area contributed by atoms with E-state index in [1.807, 2.05) is 0 Å². The summed E-state index contributed by atoms with van der Waals surface area (Å²) < 4.78 is 5.16. The predicted molar refractivity (Wildman–Crippen MR) is 94.1 cm³/mol. The Morgan fingerprint density at radius 3 is 2.65 bits per heavy atom. The smallest absolute Gasteiger partial charge is 0.0821 e. The van der Waals surface area contributed by atoms with Crippen LogP contribution in [0.15, 0.2) is 35.4 Å². The van der Waals surface area contributed by atoms with E-state index in [1.165, 1.54) is 25.7 Å². The molecule has 0 radical (unpaired) electrons. The zero-order valence-corrected chi connectivity index (χ0v) is 14.8. The van der Waals surface area contributed by atoms with Crippen molar-refractivity contribution in [3.05, 3.63) is 46.5 Å². The molecule has 0 spiro atoms. The molecule has 2 aliphatic rings. The lowest BCUT2D eigenvalue weighted by molar-refractivity contribution is 0.0928. The third-order valence-corrected chi connectivity index (χ3v) is 5.89. The number of benzene rings is 1. The van der Waals surface area contributed by atoms with Gasteiger partial charge in [0.15, 0.2) is 0 Å². The highest BCUT2D eigenvalue weighted by atomic mass is 16.5. The lowest BCUT2D eigenvalue weighted by Gasteiger charge is -2.41. The van der Waals surface area contributed by atoms with Crippen LogP contribution in [-0.4, -0.2) is 12.2 Å². The number of methoxy groups -OCH3 is 1. The topological polar surface area (TPSA) is 29.5 Å². The number of hydrogen-bond donors (Lipinski definition) is 1. The molecular formula is C21H30O2. The fourth-order valence-electron chi connectivity index (χ4n) is 4.46. The highest BCUT2D eigenvalue weighted by Crippen LogP contribution is 2.49. The fraction of sp³-hybridized carbons (Fsp3) is 0.619. The molecule has 0 saturated heterocycles. The van der Waals surface area contributed by atoms with Crippen LogP contribution in [0.1, 0.15) is 69.6 Å². The summed E-state index contributed by atoms with van der Waals surface area (Å²) in [6, 6.07) is 8.27. The maximum Gasteiger partial charge on any atom is 0.0821 e. The number of ether oxygens (including phenoxy) is 1. The molecule has 0 aliphatic heterocycles. The zero-order chi connectivity index (χ0) is 16.4. The minimum atomic E-state index is -0.349. The van der Waals surface area contributed by atoms with Gasteiger partial charge in [-0.2, -0.15) is 0 Å². The van der Waals surface area contributed by atoms with E-state index < -0.39 is 0 Å². The molecule has 0 heterocycles. The third kappa shape index (κ3) is 3.54. The lowest BCUT2D eigenvalue weighted by Crippen LogP contribution is -2.28. The Morgan fingerprint density at radius 1 is 1.22 bits per heavy atom. The molecular weight excluding hydrogens is 284 g/mol. The molecule has 0 fully saturated rings. The zero-order valence-electron chi connectivity index (χ0n) is 14.8. The van der Waals surface area contributed by atoms with Crippen LogP contribution in [-0.2, 0) is 11.3 Å². The van der Waals surface area contributed by atoms with Crippen molar-refractivity contribution in [2.45, 2.75) is 65.1 Å². The molecule has 23 heavy (non-hydrogen) atoms. The minimum absolute atomic E-state index is 0.328. The summed E-state index contributed by atoms with van der Waals surface area (Å²) in [4.78, 5) is 0. The van der Waals surface area contributed by atoms with Crippen LogP contribution in [0.4, 0.5) is 0 Å². The predicted octanol–water partition coefficient (Wildman–Crippen LogP) is 5.17. The lowest BCUT2D eigenvalue weighted by atomic mass is 9.64. The second-order valence-corrected chi connectivity index (χ2v) is 7.94. The van der Waals surface area contributed by atoms with Crippen LogP contribution < -0.4 is 0 Å². The first-order valence-corrected chi connectivity index (χ1v) is 8.98. The first-order valence-electron chi connectivity index (χ1n) is 8.98. The van der Waals surface area contributed by atoms with E-state index in [0.29, 0.717) is 17.9 Å². The Kier molecular flexibility index (Phi) is 4.93. The Balaban J connectivity index is 1.74. The summed E-state index contributed by atoms with van der Waals surface area (Å²) in [5, 5.41) is 10.9. The molecule has 1 aromatic rings. The Labute approximate surface area is 140 Å². The SMILES string of the molecule is COCc1ccc(C(O)C2CCC3=C(C2)C(C)(C)CCC3)cc1. The minimum Gasteiger partial charge on any atom is -0.388 e. The van der Waals surface area contributed by atoms with Gasteiger partial charge in [0.1, 0.15) is 0 Å². The van der Waals surface area contributed by atoms with Crippen molar-refractivity contribution in [1.29, 1.82) is 0 Å².